The SMILES string of the molecule is CN(C)C(=O)c1nn(CC(F)F)cc1N. The Balaban J connectivity index is 2.91. The van der Waals surface area contributed by atoms with Gasteiger partial charge in [-0.25, -0.2) is 8.78 Å². The molecule has 0 saturated carbocycles. The van der Waals surface area contributed by atoms with Crippen LogP contribution in [0.3, 0.4) is 0 Å². The molecule has 0 bridgehead atoms. The number of carbonyl (C=O) groups excluding carboxylic acids is 1. The molecular weight excluding hydrogens is 206 g/mol. The molecular formula is C8H12F2N4O. The first-order valence-corrected chi connectivity index (χ1v) is 4.24. The zero-order chi connectivity index (χ0) is 11.6. The summed E-state index contributed by atoms with van der Waals surface area (Å²) in [6.45, 7) is -0.565. The van der Waals surface area contributed by atoms with Gasteiger partial charge in [-0.05, 0) is 0 Å². The number of aromatic nitrogens is 2. The number of hydrogen-bond acceptors (Lipinski definition) is 3. The van der Waals surface area contributed by atoms with Gasteiger partial charge in [0.15, 0.2) is 5.69 Å². The van der Waals surface area contributed by atoms with E-state index in [4.69, 9.17) is 5.73 Å². The van der Waals surface area contributed by atoms with E-state index in [9.17, 15) is 13.6 Å². The molecule has 7 heteroatoms. The molecule has 1 aromatic heterocycles. The Morgan fingerprint density at radius 3 is 2.73 bits per heavy atom. The normalized spacial score (nSPS) is 10.7. The molecule has 0 fully saturated rings. The number of hydrogen-bond donors (Lipinski definition) is 1. The highest BCUT2D eigenvalue weighted by Crippen LogP contribution is 2.11. The molecule has 1 amide bonds. The van der Waals surface area contributed by atoms with Crippen LogP contribution < -0.4 is 5.73 Å². The topological polar surface area (TPSA) is 64.2 Å². The van der Waals surface area contributed by atoms with Gasteiger partial charge in [-0.2, -0.15) is 5.10 Å². The fourth-order valence-corrected chi connectivity index (χ4v) is 1.05. The fourth-order valence-electron chi connectivity index (χ4n) is 1.05. The Hall–Kier alpha value is -1.66. The molecule has 0 aliphatic carbocycles. The van der Waals surface area contributed by atoms with Crippen molar-refractivity contribution in [2.45, 2.75) is 13.0 Å². The molecule has 0 aliphatic heterocycles. The van der Waals surface area contributed by atoms with Crippen LogP contribution in [-0.4, -0.2) is 41.1 Å². The van der Waals surface area contributed by atoms with Crippen molar-refractivity contribution in [2.24, 2.45) is 0 Å². The van der Waals surface area contributed by atoms with E-state index in [1.807, 2.05) is 0 Å². The second-order valence-electron chi connectivity index (χ2n) is 3.25. The Kier molecular flexibility index (Phi) is 3.23. The molecule has 2 N–H and O–H groups in total. The third-order valence-electron chi connectivity index (χ3n) is 1.72. The molecule has 15 heavy (non-hydrogen) atoms. The van der Waals surface area contributed by atoms with Gasteiger partial charge in [-0.1, -0.05) is 0 Å². The number of halogens is 2. The van der Waals surface area contributed by atoms with Crippen molar-refractivity contribution in [3.05, 3.63) is 11.9 Å². The van der Waals surface area contributed by atoms with Gasteiger partial charge in [0.25, 0.3) is 12.3 Å². The van der Waals surface area contributed by atoms with E-state index in [0.717, 1.165) is 4.68 Å². The van der Waals surface area contributed by atoms with Crippen LogP contribution in [-0.2, 0) is 6.54 Å². The molecule has 0 unspecified atom stereocenters. The highest BCUT2D eigenvalue weighted by atomic mass is 19.3. The van der Waals surface area contributed by atoms with E-state index in [2.05, 4.69) is 5.10 Å². The maximum atomic E-state index is 12.0. The first kappa shape index (κ1) is 11.4. The van der Waals surface area contributed by atoms with E-state index in [1.54, 1.807) is 0 Å². The van der Waals surface area contributed by atoms with Gasteiger partial charge in [0.1, 0.15) is 6.54 Å². The lowest BCUT2D eigenvalue weighted by atomic mass is 10.3. The van der Waals surface area contributed by atoms with Crippen molar-refractivity contribution in [2.75, 3.05) is 19.8 Å². The van der Waals surface area contributed by atoms with Gasteiger partial charge in [-0.3, -0.25) is 9.48 Å². The summed E-state index contributed by atoms with van der Waals surface area (Å²) in [7, 11) is 3.07. The number of amides is 1. The third-order valence-corrected chi connectivity index (χ3v) is 1.72. The molecule has 0 aromatic carbocycles. The van der Waals surface area contributed by atoms with Crippen LogP contribution in [0, 0.1) is 0 Å². The average Bonchev–Trinajstić information content (AvgIpc) is 2.44. The van der Waals surface area contributed by atoms with Gasteiger partial charge in [0, 0.05) is 20.3 Å². The first-order valence-electron chi connectivity index (χ1n) is 4.24. The first-order chi connectivity index (χ1) is 6.91. The maximum absolute atomic E-state index is 12.0. The van der Waals surface area contributed by atoms with E-state index < -0.39 is 18.9 Å². The monoisotopic (exact) mass is 218 g/mol. The summed E-state index contributed by atoms with van der Waals surface area (Å²) < 4.78 is 25.0. The van der Waals surface area contributed by atoms with Crippen LogP contribution in [0.15, 0.2) is 6.20 Å². The van der Waals surface area contributed by atoms with Crippen molar-refractivity contribution >= 4 is 11.6 Å². The minimum Gasteiger partial charge on any atom is -0.396 e. The number of nitrogens with zero attached hydrogens (tertiary/aromatic N) is 3. The molecule has 0 radical (unpaired) electrons. The summed E-state index contributed by atoms with van der Waals surface area (Å²) in [4.78, 5) is 12.7. The number of rotatable bonds is 3. The largest absolute Gasteiger partial charge is 0.396 e. The standard InChI is InChI=1S/C8H12F2N4O/c1-13(2)8(15)7-5(11)3-14(12-7)4-6(9)10/h3,6H,4,11H2,1-2H3. The van der Waals surface area contributed by atoms with Gasteiger partial charge >= 0.3 is 0 Å². The van der Waals surface area contributed by atoms with Gasteiger partial charge in [0.05, 0.1) is 5.69 Å². The van der Waals surface area contributed by atoms with Crippen LogP contribution in [0.2, 0.25) is 0 Å². The summed E-state index contributed by atoms with van der Waals surface area (Å²) in [5.74, 6) is -0.402. The Labute approximate surface area is 85.5 Å². The highest BCUT2D eigenvalue weighted by molar-refractivity contribution is 5.96. The smallest absolute Gasteiger partial charge is 0.275 e. The summed E-state index contributed by atoms with van der Waals surface area (Å²) in [5.41, 5.74) is 5.59. The molecule has 1 heterocycles. The van der Waals surface area contributed by atoms with Crippen LogP contribution in [0.25, 0.3) is 0 Å². The third kappa shape index (κ3) is 2.64. The summed E-state index contributed by atoms with van der Waals surface area (Å²) >= 11 is 0. The molecule has 84 valence electrons. The van der Waals surface area contributed by atoms with E-state index in [0.29, 0.717) is 0 Å². The highest BCUT2D eigenvalue weighted by Gasteiger charge is 2.17. The second-order valence-corrected chi connectivity index (χ2v) is 3.25. The minimum atomic E-state index is -2.52. The minimum absolute atomic E-state index is 0.000602. The van der Waals surface area contributed by atoms with Crippen molar-refractivity contribution in [1.82, 2.24) is 14.7 Å². The van der Waals surface area contributed by atoms with Crippen molar-refractivity contribution in [1.29, 1.82) is 0 Å². The fraction of sp³-hybridized carbons (Fsp3) is 0.500. The number of nitrogen functional groups attached to an aromatic ring is 1. The predicted molar refractivity (Wildman–Crippen MR) is 50.7 cm³/mol. The van der Waals surface area contributed by atoms with Crippen LogP contribution >= 0.6 is 0 Å². The van der Waals surface area contributed by atoms with Crippen LogP contribution in [0.4, 0.5) is 14.5 Å². The second kappa shape index (κ2) is 4.24. The van der Waals surface area contributed by atoms with E-state index in [1.165, 1.54) is 25.2 Å². The molecule has 0 spiro atoms. The zero-order valence-electron chi connectivity index (χ0n) is 8.44. The summed E-state index contributed by atoms with van der Waals surface area (Å²) in [6.07, 6.45) is -1.30. The van der Waals surface area contributed by atoms with Crippen LogP contribution in [0.5, 0.6) is 0 Å². The van der Waals surface area contributed by atoms with Crippen molar-refractivity contribution in [3.8, 4) is 0 Å². The summed E-state index contributed by atoms with van der Waals surface area (Å²) in [6, 6.07) is 0. The quantitative estimate of drug-likeness (QED) is 0.800. The Morgan fingerprint density at radius 1 is 1.67 bits per heavy atom. The zero-order valence-corrected chi connectivity index (χ0v) is 8.44. The maximum Gasteiger partial charge on any atom is 0.275 e. The number of nitrogens with two attached hydrogens (primary N) is 1. The lowest BCUT2D eigenvalue weighted by Gasteiger charge is -2.07. The van der Waals surface area contributed by atoms with E-state index in [-0.39, 0.29) is 11.4 Å². The predicted octanol–water partition coefficient (Wildman–Crippen LogP) is 0.432. The molecule has 1 rings (SSSR count). The molecule has 1 aromatic rings. The van der Waals surface area contributed by atoms with Gasteiger partial charge in [0.2, 0.25) is 0 Å². The summed E-state index contributed by atoms with van der Waals surface area (Å²) in [5, 5.41) is 3.69. The van der Waals surface area contributed by atoms with E-state index >= 15 is 0 Å². The van der Waals surface area contributed by atoms with Gasteiger partial charge in [-0.15, -0.1) is 0 Å². The molecule has 0 saturated heterocycles. The van der Waals surface area contributed by atoms with Crippen molar-refractivity contribution in [3.63, 3.8) is 0 Å². The molecule has 0 atom stereocenters. The van der Waals surface area contributed by atoms with Crippen LogP contribution in [0.1, 0.15) is 10.5 Å². The lowest BCUT2D eigenvalue weighted by molar-refractivity contribution is 0.0818. The lowest BCUT2D eigenvalue weighted by Crippen LogP contribution is -2.23. The van der Waals surface area contributed by atoms with Gasteiger partial charge < -0.3 is 10.6 Å². The van der Waals surface area contributed by atoms with Crippen molar-refractivity contribution < 1.29 is 13.6 Å². The Morgan fingerprint density at radius 2 is 2.27 bits per heavy atom. The molecule has 5 nitrogen and oxygen atoms in total. The molecule has 0 aliphatic rings. The Bertz CT molecular complexity index is 362. The number of alkyl halides is 2. The number of carbonyl (C=O) groups is 1. The number of anilines is 1. The average molecular weight is 218 g/mol.